The molecule has 0 aliphatic rings. The van der Waals surface area contributed by atoms with E-state index in [-0.39, 0.29) is 12.4 Å². The Labute approximate surface area is 97.6 Å². The van der Waals surface area contributed by atoms with Gasteiger partial charge in [-0.25, -0.2) is 4.39 Å². The number of hydrogen-bond acceptors (Lipinski definition) is 2. The second-order valence-corrected chi connectivity index (χ2v) is 4.19. The third-order valence-electron chi connectivity index (χ3n) is 2.08. The molecule has 0 unspecified atom stereocenters. The molecule has 0 amide bonds. The summed E-state index contributed by atoms with van der Waals surface area (Å²) in [5.74, 6) is -0.243. The fourth-order valence-corrected chi connectivity index (χ4v) is 1.76. The quantitative estimate of drug-likeness (QED) is 0.782. The summed E-state index contributed by atoms with van der Waals surface area (Å²) in [5, 5.41) is 11.8. The van der Waals surface area contributed by atoms with Crippen LogP contribution >= 0.6 is 15.9 Å². The molecule has 0 heterocycles. The summed E-state index contributed by atoms with van der Waals surface area (Å²) in [4.78, 5) is 0. The lowest BCUT2D eigenvalue weighted by Gasteiger charge is -2.07. The van der Waals surface area contributed by atoms with Gasteiger partial charge in [-0.15, -0.1) is 0 Å². The Hall–Kier alpha value is -0.610. The van der Waals surface area contributed by atoms with Crippen molar-refractivity contribution in [2.45, 2.75) is 19.3 Å². The summed E-state index contributed by atoms with van der Waals surface area (Å²) in [6, 6.07) is 4.59. The van der Waals surface area contributed by atoms with Crippen molar-refractivity contribution < 1.29 is 9.50 Å². The molecule has 0 radical (unpaired) electrons. The highest BCUT2D eigenvalue weighted by atomic mass is 79.9. The third kappa shape index (κ3) is 4.62. The van der Waals surface area contributed by atoms with Crippen LogP contribution < -0.4 is 5.32 Å². The van der Waals surface area contributed by atoms with Crippen LogP contribution in [0.25, 0.3) is 0 Å². The van der Waals surface area contributed by atoms with Crippen LogP contribution in [0.4, 0.5) is 10.1 Å². The topological polar surface area (TPSA) is 32.3 Å². The van der Waals surface area contributed by atoms with Gasteiger partial charge in [0.15, 0.2) is 0 Å². The minimum Gasteiger partial charge on any atom is -0.396 e. The zero-order valence-electron chi connectivity index (χ0n) is 8.47. The second-order valence-electron chi connectivity index (χ2n) is 3.34. The molecular weight excluding hydrogens is 261 g/mol. The highest BCUT2D eigenvalue weighted by Crippen LogP contribution is 2.22. The van der Waals surface area contributed by atoms with Crippen LogP contribution in [0.5, 0.6) is 0 Å². The number of unbranched alkanes of at least 4 members (excludes halogenated alkanes) is 2. The van der Waals surface area contributed by atoms with Gasteiger partial charge in [0, 0.05) is 23.3 Å². The lowest BCUT2D eigenvalue weighted by atomic mass is 10.2. The summed E-state index contributed by atoms with van der Waals surface area (Å²) < 4.78 is 13.5. The first-order valence-corrected chi connectivity index (χ1v) is 5.83. The van der Waals surface area contributed by atoms with Crippen LogP contribution in [-0.4, -0.2) is 18.3 Å². The SMILES string of the molecule is OCCCCCNc1ccc(F)cc1Br. The first-order chi connectivity index (χ1) is 7.24. The zero-order valence-corrected chi connectivity index (χ0v) is 10.1. The van der Waals surface area contributed by atoms with Gasteiger partial charge in [-0.1, -0.05) is 0 Å². The van der Waals surface area contributed by atoms with Gasteiger partial charge in [0.1, 0.15) is 5.82 Å². The number of anilines is 1. The van der Waals surface area contributed by atoms with E-state index in [9.17, 15) is 4.39 Å². The smallest absolute Gasteiger partial charge is 0.124 e. The molecular formula is C11H15BrFNO. The van der Waals surface area contributed by atoms with Crippen LogP contribution in [0.15, 0.2) is 22.7 Å². The molecule has 2 N–H and O–H groups in total. The van der Waals surface area contributed by atoms with Gasteiger partial charge >= 0.3 is 0 Å². The summed E-state index contributed by atoms with van der Waals surface area (Å²) in [6.45, 7) is 1.09. The average molecular weight is 276 g/mol. The molecule has 0 aliphatic heterocycles. The number of halogens is 2. The average Bonchev–Trinajstić information content (AvgIpc) is 2.20. The van der Waals surface area contributed by atoms with Crippen molar-refractivity contribution >= 4 is 21.6 Å². The van der Waals surface area contributed by atoms with Gasteiger partial charge in [-0.3, -0.25) is 0 Å². The van der Waals surface area contributed by atoms with Crippen LogP contribution in [0.3, 0.4) is 0 Å². The highest BCUT2D eigenvalue weighted by Gasteiger charge is 1.99. The third-order valence-corrected chi connectivity index (χ3v) is 2.74. The Morgan fingerprint density at radius 3 is 2.73 bits per heavy atom. The van der Waals surface area contributed by atoms with E-state index in [2.05, 4.69) is 21.2 Å². The van der Waals surface area contributed by atoms with E-state index in [1.54, 1.807) is 6.07 Å². The van der Waals surface area contributed by atoms with Crippen molar-refractivity contribution in [2.24, 2.45) is 0 Å². The van der Waals surface area contributed by atoms with Crippen molar-refractivity contribution in [1.82, 2.24) is 0 Å². The fraction of sp³-hybridized carbons (Fsp3) is 0.455. The van der Waals surface area contributed by atoms with E-state index >= 15 is 0 Å². The molecule has 0 bridgehead atoms. The Kier molecular flexibility index (Phi) is 5.65. The van der Waals surface area contributed by atoms with Gasteiger partial charge in [-0.05, 0) is 53.4 Å². The van der Waals surface area contributed by atoms with Crippen molar-refractivity contribution in [1.29, 1.82) is 0 Å². The number of aliphatic hydroxyl groups excluding tert-OH is 1. The summed E-state index contributed by atoms with van der Waals surface area (Å²) in [6.07, 6.45) is 2.85. The molecule has 0 fully saturated rings. The molecule has 2 nitrogen and oxygen atoms in total. The lowest BCUT2D eigenvalue weighted by Crippen LogP contribution is -2.02. The molecule has 0 aromatic heterocycles. The standard InChI is InChI=1S/C11H15BrFNO/c12-10-8-9(13)4-5-11(10)14-6-2-1-3-7-15/h4-5,8,14-15H,1-3,6-7H2. The van der Waals surface area contributed by atoms with Crippen molar-refractivity contribution in [2.75, 3.05) is 18.5 Å². The molecule has 1 aromatic carbocycles. The summed E-state index contributed by atoms with van der Waals surface area (Å²) in [7, 11) is 0. The lowest BCUT2D eigenvalue weighted by molar-refractivity contribution is 0.283. The van der Waals surface area contributed by atoms with Crippen LogP contribution in [-0.2, 0) is 0 Å². The molecule has 0 aliphatic carbocycles. The minimum absolute atomic E-state index is 0.243. The van der Waals surface area contributed by atoms with Crippen molar-refractivity contribution in [3.63, 3.8) is 0 Å². The zero-order chi connectivity index (χ0) is 11.1. The van der Waals surface area contributed by atoms with Crippen LogP contribution in [0.1, 0.15) is 19.3 Å². The van der Waals surface area contributed by atoms with Gasteiger partial charge < -0.3 is 10.4 Å². The largest absolute Gasteiger partial charge is 0.396 e. The Bertz CT molecular complexity index is 307. The molecule has 0 spiro atoms. The maximum atomic E-state index is 12.8. The van der Waals surface area contributed by atoms with E-state index in [0.29, 0.717) is 0 Å². The number of nitrogens with one attached hydrogen (secondary N) is 1. The predicted octanol–water partition coefficient (Wildman–Crippen LogP) is 3.16. The van der Waals surface area contributed by atoms with Gasteiger partial charge in [0.25, 0.3) is 0 Å². The number of rotatable bonds is 6. The van der Waals surface area contributed by atoms with E-state index in [4.69, 9.17) is 5.11 Å². The van der Waals surface area contributed by atoms with E-state index < -0.39 is 0 Å². The molecule has 84 valence electrons. The monoisotopic (exact) mass is 275 g/mol. The molecule has 1 aromatic rings. The molecule has 0 saturated heterocycles. The van der Waals surface area contributed by atoms with E-state index in [1.807, 2.05) is 0 Å². The minimum atomic E-state index is -0.243. The Morgan fingerprint density at radius 1 is 1.27 bits per heavy atom. The van der Waals surface area contributed by atoms with E-state index in [0.717, 1.165) is 36.0 Å². The van der Waals surface area contributed by atoms with E-state index in [1.165, 1.54) is 12.1 Å². The molecule has 4 heteroatoms. The normalized spacial score (nSPS) is 10.3. The predicted molar refractivity (Wildman–Crippen MR) is 63.5 cm³/mol. The summed E-state index contributed by atoms with van der Waals surface area (Å²) in [5.41, 5.74) is 0.903. The Balaban J connectivity index is 2.31. The van der Waals surface area contributed by atoms with Crippen LogP contribution in [0.2, 0.25) is 0 Å². The number of aliphatic hydroxyl groups is 1. The van der Waals surface area contributed by atoms with Crippen molar-refractivity contribution in [3.8, 4) is 0 Å². The first kappa shape index (κ1) is 12.5. The molecule has 15 heavy (non-hydrogen) atoms. The highest BCUT2D eigenvalue weighted by molar-refractivity contribution is 9.10. The van der Waals surface area contributed by atoms with Gasteiger partial charge in [0.05, 0.1) is 0 Å². The number of hydrogen-bond donors (Lipinski definition) is 2. The molecule has 0 saturated carbocycles. The Morgan fingerprint density at radius 2 is 2.07 bits per heavy atom. The fourth-order valence-electron chi connectivity index (χ4n) is 1.27. The van der Waals surface area contributed by atoms with Gasteiger partial charge in [-0.2, -0.15) is 0 Å². The second kappa shape index (κ2) is 6.80. The van der Waals surface area contributed by atoms with Crippen LogP contribution in [0, 0.1) is 5.82 Å². The van der Waals surface area contributed by atoms with Gasteiger partial charge in [0.2, 0.25) is 0 Å². The summed E-state index contributed by atoms with van der Waals surface area (Å²) >= 11 is 3.29. The maximum absolute atomic E-state index is 12.8. The molecule has 0 atom stereocenters. The van der Waals surface area contributed by atoms with Crippen molar-refractivity contribution in [3.05, 3.63) is 28.5 Å². The molecule has 1 rings (SSSR count). The maximum Gasteiger partial charge on any atom is 0.124 e. The number of benzene rings is 1. The first-order valence-electron chi connectivity index (χ1n) is 5.04.